The van der Waals surface area contributed by atoms with Crippen molar-refractivity contribution in [3.63, 3.8) is 0 Å². The Bertz CT molecular complexity index is 4870. The van der Waals surface area contributed by atoms with E-state index in [0.717, 1.165) is 107 Å². The van der Waals surface area contributed by atoms with Gasteiger partial charge in [-0.15, -0.1) is 0 Å². The van der Waals surface area contributed by atoms with Crippen LogP contribution in [0, 0.1) is 59.3 Å². The van der Waals surface area contributed by atoms with Crippen LogP contribution in [-0.4, -0.2) is 50.5 Å². The smallest absolute Gasteiger partial charge is 0.419 e. The van der Waals surface area contributed by atoms with E-state index in [2.05, 4.69) is 44.5 Å². The standard InChI is InChI=1S/C27H13F3N3.C22H8F4N3.2C13H24O2.2Ir/c28-27(29,30)23-16-7-2-1-6-15(16)12-20-24(31-14-32-25(20)23)21-13-33-22-11-4-3-8-17(22)18-9-5-10-19(21)26(18)33;23-16-15-20(27-9-28-21(15)19(26)18(25)17(16)24)13-8-29-14-7-2-1-4-10(14)11-5-3-6-12(13)22(11)29;2*1-5-10(6-2)12(14)9-13(15)11(7-3)8-4;;/h1-12,14H;1-7,9H;2*9-11,14H,5-8H2,1-4H3;;/q2*-1;;;;. The first-order chi connectivity index (χ1) is 44.3. The maximum Gasteiger partial charge on any atom is 0.419 e. The van der Waals surface area contributed by atoms with E-state index in [4.69, 9.17) is 0 Å². The third-order valence-electron chi connectivity index (χ3n) is 17.8. The van der Waals surface area contributed by atoms with Crippen molar-refractivity contribution in [2.75, 3.05) is 0 Å². The second-order valence-corrected chi connectivity index (χ2v) is 22.9. The number of aromatic nitrogens is 6. The van der Waals surface area contributed by atoms with Crippen molar-refractivity contribution in [1.82, 2.24) is 28.7 Å². The van der Waals surface area contributed by atoms with Crippen LogP contribution >= 0.6 is 0 Å². The summed E-state index contributed by atoms with van der Waals surface area (Å²) in [5, 5.41) is 25.7. The molecule has 492 valence electrons. The fourth-order valence-corrected chi connectivity index (χ4v) is 12.6. The molecule has 10 nitrogen and oxygen atoms in total. The second kappa shape index (κ2) is 30.5. The predicted octanol–water partition coefficient (Wildman–Crippen LogP) is 20.7. The van der Waals surface area contributed by atoms with E-state index in [9.17, 15) is 50.5 Å². The molecular weight excluding hydrogens is 1570 g/mol. The zero-order valence-corrected chi connectivity index (χ0v) is 57.7. The van der Waals surface area contributed by atoms with Gasteiger partial charge < -0.3 is 19.0 Å². The van der Waals surface area contributed by atoms with Crippen LogP contribution in [0.4, 0.5) is 30.7 Å². The number of para-hydroxylation sites is 4. The average Bonchev–Trinajstić information content (AvgIpc) is 1.53. The largest absolute Gasteiger partial charge is 0.512 e. The first-order valence-corrected chi connectivity index (χ1v) is 31.2. The Morgan fingerprint density at radius 2 is 0.840 bits per heavy atom. The van der Waals surface area contributed by atoms with Crippen molar-refractivity contribution in [2.45, 2.75) is 113 Å². The number of nitrogens with zero attached hydrogens (tertiary/aromatic N) is 6. The SMILES string of the molecule is CCC(CC)C(=O)C=C(O)C(CC)CC.CCC(CC)C(=O)C=C(O)C(CC)CC.FC(F)(F)c1c2ccccc2cc2c(-c3[c-]n4c5ccccc5c5cccc3c54)ncnc12.Fc1c(F)c(F)c2c(-c3[c-]n4c5ccccc5c5cccc3c54)ncnc2c1F.[Ir].[Ir]. The van der Waals surface area contributed by atoms with Gasteiger partial charge in [-0.1, -0.05) is 193 Å². The van der Waals surface area contributed by atoms with E-state index >= 15 is 0 Å². The van der Waals surface area contributed by atoms with Crippen molar-refractivity contribution in [3.8, 4) is 22.5 Å². The summed E-state index contributed by atoms with van der Waals surface area (Å²) in [5.74, 6) is -5.78. The van der Waals surface area contributed by atoms with Crippen molar-refractivity contribution in [2.24, 2.45) is 23.7 Å². The Labute approximate surface area is 566 Å². The van der Waals surface area contributed by atoms with Crippen molar-refractivity contribution in [1.29, 1.82) is 0 Å². The Morgan fingerprint density at radius 1 is 0.457 bits per heavy atom. The van der Waals surface area contributed by atoms with E-state index in [1.807, 2.05) is 131 Å². The summed E-state index contributed by atoms with van der Waals surface area (Å²) >= 11 is 0. The summed E-state index contributed by atoms with van der Waals surface area (Å²) in [4.78, 5) is 39.7. The molecule has 6 aromatic heterocycles. The molecule has 2 radical (unpaired) electrons. The number of fused-ring (bicyclic) bond motifs is 9. The molecular formula is C75H69F7Ir2N6O4-2. The fourth-order valence-electron chi connectivity index (χ4n) is 12.6. The molecule has 6 heterocycles. The van der Waals surface area contributed by atoms with Gasteiger partial charge in [0.15, 0.2) is 34.8 Å². The number of hydrogen-bond acceptors (Lipinski definition) is 8. The number of hydrogen-bond donors (Lipinski definition) is 2. The molecule has 0 amide bonds. The van der Waals surface area contributed by atoms with Gasteiger partial charge in [-0.3, -0.25) is 19.6 Å². The van der Waals surface area contributed by atoms with E-state index in [-0.39, 0.29) is 104 Å². The summed E-state index contributed by atoms with van der Waals surface area (Å²) in [6, 6.07) is 35.6. The first kappa shape index (κ1) is 71.6. The maximum atomic E-state index is 14.6. The Hall–Kier alpha value is -8.21. The van der Waals surface area contributed by atoms with Gasteiger partial charge >= 0.3 is 6.18 Å². The summed E-state index contributed by atoms with van der Waals surface area (Å²) in [7, 11) is 0. The van der Waals surface area contributed by atoms with Crippen LogP contribution < -0.4 is 0 Å². The molecule has 19 heteroatoms. The number of benzene rings is 7. The topological polar surface area (TPSA) is 135 Å². The number of rotatable bonds is 16. The third kappa shape index (κ3) is 13.4. The number of carbonyl (C=O) groups is 2. The van der Waals surface area contributed by atoms with Gasteiger partial charge in [-0.2, -0.15) is 13.2 Å². The maximum absolute atomic E-state index is 14.6. The molecule has 0 atom stereocenters. The molecule has 0 saturated heterocycles. The van der Waals surface area contributed by atoms with Crippen LogP contribution in [0.2, 0.25) is 0 Å². The van der Waals surface area contributed by atoms with Gasteiger partial charge in [-0.25, -0.2) is 27.5 Å². The van der Waals surface area contributed by atoms with Crippen molar-refractivity contribution < 1.29 is 90.7 Å². The molecule has 0 spiro atoms. The van der Waals surface area contributed by atoms with E-state index in [1.165, 1.54) is 24.5 Å². The molecule has 0 saturated carbocycles. The van der Waals surface area contributed by atoms with Gasteiger partial charge in [0.1, 0.15) is 18.2 Å². The van der Waals surface area contributed by atoms with Crippen LogP contribution in [0.3, 0.4) is 0 Å². The first-order valence-electron chi connectivity index (χ1n) is 31.2. The van der Waals surface area contributed by atoms with Gasteiger partial charge in [0.05, 0.1) is 22.6 Å². The molecule has 0 fully saturated rings. The average molecular weight is 1640 g/mol. The van der Waals surface area contributed by atoms with E-state index in [0.29, 0.717) is 33.0 Å². The minimum Gasteiger partial charge on any atom is -0.512 e. The van der Waals surface area contributed by atoms with Crippen LogP contribution in [0.5, 0.6) is 0 Å². The number of allylic oxidation sites excluding steroid dienone is 4. The van der Waals surface area contributed by atoms with Crippen molar-refractivity contribution in [3.05, 3.63) is 193 Å². The molecule has 0 aliphatic heterocycles. The fraction of sp³-hybridized carbons (Fsp3) is 0.280. The molecule has 7 aromatic carbocycles. The zero-order chi connectivity index (χ0) is 65.9. The molecule has 13 rings (SSSR count). The predicted molar refractivity (Wildman–Crippen MR) is 352 cm³/mol. The monoisotopic (exact) mass is 1640 g/mol. The number of aliphatic hydroxyl groups is 2. The summed E-state index contributed by atoms with van der Waals surface area (Å²) in [6.07, 6.45) is 14.0. The zero-order valence-electron chi connectivity index (χ0n) is 53.0. The van der Waals surface area contributed by atoms with Crippen LogP contribution in [0.25, 0.3) is 109 Å². The third-order valence-corrected chi connectivity index (χ3v) is 17.8. The Morgan fingerprint density at radius 3 is 1.30 bits per heavy atom. The van der Waals surface area contributed by atoms with Crippen molar-refractivity contribution >= 4 is 98.5 Å². The molecule has 2 N–H and O–H groups in total. The molecule has 94 heavy (non-hydrogen) atoms. The van der Waals surface area contributed by atoms with Crippen LogP contribution in [-0.2, 0) is 56.0 Å². The summed E-state index contributed by atoms with van der Waals surface area (Å²) < 4.78 is 103. The van der Waals surface area contributed by atoms with Gasteiger partial charge in [0, 0.05) is 92.8 Å². The summed E-state index contributed by atoms with van der Waals surface area (Å²) in [6.45, 7) is 16.1. The van der Waals surface area contributed by atoms with Gasteiger partial charge in [-0.05, 0) is 124 Å². The van der Waals surface area contributed by atoms with Gasteiger partial charge in [0.2, 0.25) is 0 Å². The van der Waals surface area contributed by atoms with Gasteiger partial charge in [0.25, 0.3) is 0 Å². The van der Waals surface area contributed by atoms with Crippen LogP contribution in [0.1, 0.15) is 112 Å². The number of halogens is 7. The molecule has 0 aliphatic carbocycles. The van der Waals surface area contributed by atoms with Crippen LogP contribution in [0.15, 0.2) is 152 Å². The number of ketones is 2. The molecule has 13 aromatic rings. The minimum absolute atomic E-state index is 0. The molecule has 0 unspecified atom stereocenters. The number of alkyl halides is 3. The molecule has 0 aliphatic rings. The molecule has 0 bridgehead atoms. The summed E-state index contributed by atoms with van der Waals surface area (Å²) in [5.41, 5.74) is 3.65. The quantitative estimate of drug-likeness (QED) is 0.0186. The van der Waals surface area contributed by atoms with E-state index < -0.39 is 45.9 Å². The normalized spacial score (nSPS) is 12.2. The number of aliphatic hydroxyl groups excluding tert-OH is 2. The Balaban J connectivity index is 0.000000170. The second-order valence-electron chi connectivity index (χ2n) is 22.9. The van der Waals surface area contributed by atoms with E-state index in [1.54, 1.807) is 30.3 Å². The minimum atomic E-state index is -4.56. The number of carbonyl (C=O) groups excluding carboxylic acids is 2. The Kier molecular flexibility index (Phi) is 23.2.